The van der Waals surface area contributed by atoms with Gasteiger partial charge in [0.05, 0.1) is 5.56 Å². The summed E-state index contributed by atoms with van der Waals surface area (Å²) in [7, 11) is 0. The van der Waals surface area contributed by atoms with Crippen molar-refractivity contribution in [2.45, 2.75) is 38.6 Å². The van der Waals surface area contributed by atoms with Crippen LogP contribution in [0, 0.1) is 13.8 Å². The zero-order valence-corrected chi connectivity index (χ0v) is 11.1. The fourth-order valence-corrected chi connectivity index (χ4v) is 1.81. The van der Waals surface area contributed by atoms with Crippen molar-refractivity contribution < 1.29 is 45.0 Å². The second-order valence-corrected chi connectivity index (χ2v) is 4.42. The van der Waals surface area contributed by atoms with E-state index in [1.807, 2.05) is 0 Å². The molecule has 0 bridgehead atoms. The van der Waals surface area contributed by atoms with E-state index in [0.29, 0.717) is 0 Å². The van der Waals surface area contributed by atoms with Crippen molar-refractivity contribution in [1.29, 1.82) is 0 Å². The number of halogens is 8. The molecular formula is C12H10F8O2. The molecule has 0 aliphatic rings. The fourth-order valence-electron chi connectivity index (χ4n) is 1.81. The molecule has 2 nitrogen and oxygen atoms in total. The summed E-state index contributed by atoms with van der Waals surface area (Å²) in [6.45, 7) is -2.17. The SMILES string of the molecule is Cc1c(C(F)(F)OC(F)F)ccc(C(F)(F)C(O)(F)F)c1C. The van der Waals surface area contributed by atoms with Crippen LogP contribution in [0.25, 0.3) is 0 Å². The number of aliphatic hydroxyl groups is 1. The molecule has 0 spiro atoms. The van der Waals surface area contributed by atoms with Gasteiger partial charge in [0.1, 0.15) is 0 Å². The molecule has 0 aliphatic heterocycles. The van der Waals surface area contributed by atoms with E-state index >= 15 is 0 Å². The van der Waals surface area contributed by atoms with Crippen LogP contribution in [-0.2, 0) is 16.8 Å². The molecule has 1 rings (SSSR count). The minimum absolute atomic E-state index is 0.199. The first-order chi connectivity index (χ1) is 9.72. The van der Waals surface area contributed by atoms with Gasteiger partial charge in [-0.2, -0.15) is 35.1 Å². The van der Waals surface area contributed by atoms with Crippen molar-refractivity contribution in [3.8, 4) is 0 Å². The first kappa shape index (κ1) is 18.6. The van der Waals surface area contributed by atoms with Crippen molar-refractivity contribution in [3.05, 3.63) is 34.4 Å². The van der Waals surface area contributed by atoms with Gasteiger partial charge in [-0.1, -0.05) is 6.07 Å². The van der Waals surface area contributed by atoms with E-state index in [9.17, 15) is 35.1 Å². The third-order valence-electron chi connectivity index (χ3n) is 3.05. The Morgan fingerprint density at radius 2 is 1.32 bits per heavy atom. The van der Waals surface area contributed by atoms with Crippen molar-refractivity contribution in [2.24, 2.45) is 0 Å². The molecule has 1 aromatic rings. The van der Waals surface area contributed by atoms with Crippen LogP contribution < -0.4 is 0 Å². The predicted molar refractivity (Wildman–Crippen MR) is 58.0 cm³/mol. The van der Waals surface area contributed by atoms with Crippen molar-refractivity contribution in [3.63, 3.8) is 0 Å². The molecule has 0 amide bonds. The van der Waals surface area contributed by atoms with Gasteiger partial charge in [-0.05, 0) is 31.0 Å². The zero-order chi connectivity index (χ0) is 17.5. The smallest absolute Gasteiger partial charge is 0.331 e. The van der Waals surface area contributed by atoms with Crippen LogP contribution >= 0.6 is 0 Å². The second-order valence-electron chi connectivity index (χ2n) is 4.42. The summed E-state index contributed by atoms with van der Waals surface area (Å²) >= 11 is 0. The summed E-state index contributed by atoms with van der Waals surface area (Å²) in [4.78, 5) is 0. The maximum Gasteiger partial charge on any atom is 0.421 e. The molecule has 10 heteroatoms. The third kappa shape index (κ3) is 3.32. The molecule has 1 aromatic carbocycles. The molecule has 0 atom stereocenters. The Kier molecular flexibility index (Phi) is 4.79. The van der Waals surface area contributed by atoms with Crippen molar-refractivity contribution in [1.82, 2.24) is 0 Å². The minimum Gasteiger partial charge on any atom is -0.331 e. The van der Waals surface area contributed by atoms with Crippen LogP contribution in [0.2, 0.25) is 0 Å². The monoisotopic (exact) mass is 338 g/mol. The maximum atomic E-state index is 13.4. The Hall–Kier alpha value is -1.42. The van der Waals surface area contributed by atoms with Gasteiger partial charge in [-0.3, -0.25) is 4.74 Å². The Morgan fingerprint density at radius 3 is 1.73 bits per heavy atom. The van der Waals surface area contributed by atoms with E-state index in [1.165, 1.54) is 0 Å². The molecule has 0 unspecified atom stereocenters. The molecule has 126 valence electrons. The van der Waals surface area contributed by atoms with Crippen molar-refractivity contribution >= 4 is 0 Å². The van der Waals surface area contributed by atoms with Crippen LogP contribution in [0.5, 0.6) is 0 Å². The maximum absolute atomic E-state index is 13.4. The van der Waals surface area contributed by atoms with E-state index in [4.69, 9.17) is 5.11 Å². The first-order valence-corrected chi connectivity index (χ1v) is 5.64. The zero-order valence-electron chi connectivity index (χ0n) is 11.1. The number of hydrogen-bond donors (Lipinski definition) is 1. The highest BCUT2D eigenvalue weighted by Crippen LogP contribution is 2.45. The molecule has 0 aromatic heterocycles. The number of alkyl halides is 8. The molecule has 0 heterocycles. The van der Waals surface area contributed by atoms with Crippen molar-refractivity contribution in [2.75, 3.05) is 0 Å². The van der Waals surface area contributed by atoms with E-state index in [2.05, 4.69) is 4.74 Å². The van der Waals surface area contributed by atoms with Gasteiger partial charge in [0, 0.05) is 5.56 Å². The standard InChI is InChI=1S/C12H10F8O2/c1-5-6(2)8(11(17,18)22-9(13)14)4-3-7(5)10(15,16)12(19,20)21/h3-4,9,21H,1-2H3. The Balaban J connectivity index is 3.42. The average molecular weight is 338 g/mol. The lowest BCUT2D eigenvalue weighted by Crippen LogP contribution is -2.38. The third-order valence-corrected chi connectivity index (χ3v) is 3.05. The Bertz CT molecular complexity index is 551. The molecular weight excluding hydrogens is 328 g/mol. The van der Waals surface area contributed by atoms with Gasteiger partial charge >= 0.3 is 24.8 Å². The number of ether oxygens (including phenoxy) is 1. The Labute approximate surface area is 119 Å². The lowest BCUT2D eigenvalue weighted by atomic mass is 9.93. The van der Waals surface area contributed by atoms with E-state index in [-0.39, 0.29) is 12.1 Å². The van der Waals surface area contributed by atoms with Crippen LogP contribution in [0.4, 0.5) is 35.1 Å². The van der Waals surface area contributed by atoms with Gasteiger partial charge < -0.3 is 5.11 Å². The highest BCUT2D eigenvalue weighted by Gasteiger charge is 2.57. The lowest BCUT2D eigenvalue weighted by molar-refractivity contribution is -0.332. The molecule has 0 saturated heterocycles. The molecule has 0 aliphatic carbocycles. The highest BCUT2D eigenvalue weighted by molar-refractivity contribution is 5.43. The quantitative estimate of drug-likeness (QED) is 0.813. The van der Waals surface area contributed by atoms with Crippen LogP contribution in [0.15, 0.2) is 12.1 Å². The summed E-state index contributed by atoms with van der Waals surface area (Å²) in [5, 5.41) is 8.21. The summed E-state index contributed by atoms with van der Waals surface area (Å²) in [6, 6.07) is 0.463. The average Bonchev–Trinajstić information content (AvgIpc) is 2.28. The summed E-state index contributed by atoms with van der Waals surface area (Å²) in [5.41, 5.74) is -3.94. The topological polar surface area (TPSA) is 29.5 Å². The van der Waals surface area contributed by atoms with Gasteiger partial charge in [0.25, 0.3) is 0 Å². The number of benzene rings is 1. The van der Waals surface area contributed by atoms with Gasteiger partial charge in [-0.25, -0.2) is 0 Å². The van der Waals surface area contributed by atoms with Gasteiger partial charge in [-0.15, -0.1) is 0 Å². The Morgan fingerprint density at radius 1 is 0.909 bits per heavy atom. The molecule has 22 heavy (non-hydrogen) atoms. The van der Waals surface area contributed by atoms with Crippen LogP contribution in [-0.4, -0.2) is 17.8 Å². The summed E-state index contributed by atoms with van der Waals surface area (Å²) < 4.78 is 106. The largest absolute Gasteiger partial charge is 0.421 e. The van der Waals surface area contributed by atoms with Gasteiger partial charge in [0.15, 0.2) is 0 Å². The number of hydrogen-bond acceptors (Lipinski definition) is 2. The predicted octanol–water partition coefficient (Wildman–Crippen LogP) is 4.27. The highest BCUT2D eigenvalue weighted by atomic mass is 19.3. The normalized spacial score (nSPS) is 13.8. The fraction of sp³-hybridized carbons (Fsp3) is 0.500. The van der Waals surface area contributed by atoms with E-state index in [0.717, 1.165) is 13.8 Å². The van der Waals surface area contributed by atoms with E-state index < -0.39 is 47.0 Å². The minimum atomic E-state index is -5.42. The molecule has 0 radical (unpaired) electrons. The second kappa shape index (κ2) is 5.65. The van der Waals surface area contributed by atoms with Crippen LogP contribution in [0.3, 0.4) is 0 Å². The van der Waals surface area contributed by atoms with E-state index in [1.54, 1.807) is 0 Å². The first-order valence-electron chi connectivity index (χ1n) is 5.64. The molecule has 1 N–H and O–H groups in total. The lowest BCUT2D eigenvalue weighted by Gasteiger charge is -2.26. The molecule has 0 saturated carbocycles. The van der Waals surface area contributed by atoms with Crippen LogP contribution in [0.1, 0.15) is 22.3 Å². The summed E-state index contributed by atoms with van der Waals surface area (Å²) in [6.07, 6.45) is -9.92. The van der Waals surface area contributed by atoms with Gasteiger partial charge in [0.2, 0.25) is 0 Å². The number of rotatable bonds is 5. The summed E-state index contributed by atoms with van der Waals surface area (Å²) in [5.74, 6) is -5.04. The molecule has 0 fully saturated rings.